The van der Waals surface area contributed by atoms with Crippen LogP contribution in [0.15, 0.2) is 60.8 Å². The van der Waals surface area contributed by atoms with Gasteiger partial charge >= 0.3 is 0 Å². The van der Waals surface area contributed by atoms with Gasteiger partial charge in [-0.25, -0.2) is 18.7 Å². The molecule has 5 rings (SSSR count). The largest absolute Gasteiger partial charge is 0.487 e. The molecule has 2 fully saturated rings. The molecule has 0 radical (unpaired) electrons. The summed E-state index contributed by atoms with van der Waals surface area (Å²) >= 11 is 0. The molecule has 2 heterocycles. The van der Waals surface area contributed by atoms with E-state index in [1.165, 1.54) is 28.0 Å². The Balaban J connectivity index is 1.25. The molecular formula is C25H25F2N3O. The van der Waals surface area contributed by atoms with Crippen molar-refractivity contribution in [2.24, 2.45) is 0 Å². The van der Waals surface area contributed by atoms with Crippen molar-refractivity contribution < 1.29 is 13.5 Å². The average Bonchev–Trinajstić information content (AvgIpc) is 2.72. The van der Waals surface area contributed by atoms with Crippen LogP contribution >= 0.6 is 0 Å². The minimum atomic E-state index is -2.64. The summed E-state index contributed by atoms with van der Waals surface area (Å²) in [5, 5.41) is 0. The zero-order valence-corrected chi connectivity index (χ0v) is 17.5. The Bertz CT molecular complexity index is 1050. The lowest BCUT2D eigenvalue weighted by Crippen LogP contribution is -2.57. The topological polar surface area (TPSA) is 38.2 Å². The number of benzene rings is 2. The van der Waals surface area contributed by atoms with Gasteiger partial charge in [-0.05, 0) is 49.1 Å². The van der Waals surface area contributed by atoms with Gasteiger partial charge in [0.2, 0.25) is 5.95 Å². The third kappa shape index (κ3) is 3.87. The van der Waals surface area contributed by atoms with Crippen molar-refractivity contribution in [3.8, 4) is 5.75 Å². The summed E-state index contributed by atoms with van der Waals surface area (Å²) in [7, 11) is 0. The van der Waals surface area contributed by atoms with Gasteiger partial charge in [-0.15, -0.1) is 0 Å². The van der Waals surface area contributed by atoms with Crippen LogP contribution in [0.1, 0.15) is 41.6 Å². The maximum atomic E-state index is 13.1. The standard InChI is InChI=1S/C25H25F2N3O/c1-18-3-5-19(6-4-18)24(12-2-13-24)20-7-9-22(10-8-20)31-15-21-11-14-28-23(29-21)30-16-25(26,27)17-30/h3-11,14H,2,12-13,15-17H2,1H3. The number of nitrogens with zero attached hydrogens (tertiary/aromatic N) is 3. The number of anilines is 1. The van der Waals surface area contributed by atoms with Crippen molar-refractivity contribution in [1.29, 1.82) is 0 Å². The highest BCUT2D eigenvalue weighted by molar-refractivity contribution is 5.44. The predicted molar refractivity (Wildman–Crippen MR) is 116 cm³/mol. The fourth-order valence-electron chi connectivity index (χ4n) is 4.45. The second-order valence-electron chi connectivity index (χ2n) is 8.67. The van der Waals surface area contributed by atoms with E-state index in [0.717, 1.165) is 18.6 Å². The van der Waals surface area contributed by atoms with Gasteiger partial charge in [0, 0.05) is 11.6 Å². The number of ether oxygens (including phenoxy) is 1. The molecule has 2 aliphatic rings. The fourth-order valence-corrected chi connectivity index (χ4v) is 4.45. The van der Waals surface area contributed by atoms with Crippen molar-refractivity contribution in [3.63, 3.8) is 0 Å². The molecule has 160 valence electrons. The van der Waals surface area contributed by atoms with Gasteiger partial charge in [0.05, 0.1) is 18.8 Å². The molecule has 0 bridgehead atoms. The van der Waals surface area contributed by atoms with Crippen LogP contribution in [0.4, 0.5) is 14.7 Å². The maximum absolute atomic E-state index is 13.1. The summed E-state index contributed by atoms with van der Waals surface area (Å²) in [6.45, 7) is 1.72. The van der Waals surface area contributed by atoms with Gasteiger partial charge in [0.1, 0.15) is 12.4 Å². The molecule has 2 aromatic carbocycles. The SMILES string of the molecule is Cc1ccc(C2(c3ccc(OCc4ccnc(N5CC(F)(F)C5)n4)cc3)CCC2)cc1. The molecule has 0 spiro atoms. The van der Waals surface area contributed by atoms with E-state index in [2.05, 4.69) is 53.3 Å². The first-order valence-corrected chi connectivity index (χ1v) is 10.7. The van der Waals surface area contributed by atoms with Gasteiger partial charge in [-0.2, -0.15) is 0 Å². The molecule has 1 aliphatic heterocycles. The number of hydrogen-bond acceptors (Lipinski definition) is 4. The Labute approximate surface area is 180 Å². The van der Waals surface area contributed by atoms with Crippen molar-refractivity contribution in [2.45, 2.75) is 44.1 Å². The third-order valence-electron chi connectivity index (χ3n) is 6.43. The van der Waals surface area contributed by atoms with E-state index < -0.39 is 5.92 Å². The molecule has 0 amide bonds. The van der Waals surface area contributed by atoms with Gasteiger partial charge in [0.15, 0.2) is 0 Å². The van der Waals surface area contributed by atoms with Crippen molar-refractivity contribution in [3.05, 3.63) is 83.2 Å². The Morgan fingerprint density at radius 1 is 0.935 bits per heavy atom. The molecule has 6 heteroatoms. The third-order valence-corrected chi connectivity index (χ3v) is 6.43. The fraction of sp³-hybridized carbons (Fsp3) is 0.360. The second-order valence-corrected chi connectivity index (χ2v) is 8.67. The Morgan fingerprint density at radius 2 is 1.58 bits per heavy atom. The minimum absolute atomic E-state index is 0.104. The molecule has 0 N–H and O–H groups in total. The lowest BCUT2D eigenvalue weighted by molar-refractivity contribution is -0.0272. The number of halogens is 2. The van der Waals surface area contributed by atoms with E-state index in [-0.39, 0.29) is 25.1 Å². The Kier molecular flexibility index (Phi) is 4.88. The highest BCUT2D eigenvalue weighted by Gasteiger charge is 2.45. The number of aryl methyl sites for hydroxylation is 1. The summed E-state index contributed by atoms with van der Waals surface area (Å²) in [5.41, 5.74) is 4.74. The molecule has 0 unspecified atom stereocenters. The van der Waals surface area contributed by atoms with Gasteiger partial charge < -0.3 is 9.64 Å². The first-order chi connectivity index (χ1) is 14.9. The lowest BCUT2D eigenvalue weighted by atomic mass is 9.60. The molecular weight excluding hydrogens is 396 g/mol. The average molecular weight is 421 g/mol. The smallest absolute Gasteiger partial charge is 0.282 e. The van der Waals surface area contributed by atoms with E-state index >= 15 is 0 Å². The summed E-state index contributed by atoms with van der Waals surface area (Å²) in [5.74, 6) is -1.56. The number of aromatic nitrogens is 2. The molecule has 1 aromatic heterocycles. The summed E-state index contributed by atoms with van der Waals surface area (Å²) in [6.07, 6.45) is 5.15. The zero-order valence-electron chi connectivity index (χ0n) is 17.5. The second kappa shape index (κ2) is 7.59. The van der Waals surface area contributed by atoms with Gasteiger partial charge in [0.25, 0.3) is 5.92 Å². The molecule has 1 aliphatic carbocycles. The number of rotatable bonds is 6. The molecule has 1 saturated heterocycles. The predicted octanol–water partition coefficient (Wildman–Crippen LogP) is 5.29. The summed E-state index contributed by atoms with van der Waals surface area (Å²) < 4.78 is 32.1. The highest BCUT2D eigenvalue weighted by atomic mass is 19.3. The van der Waals surface area contributed by atoms with Gasteiger partial charge in [-0.1, -0.05) is 48.4 Å². The molecule has 4 nitrogen and oxygen atoms in total. The van der Waals surface area contributed by atoms with E-state index in [1.54, 1.807) is 12.3 Å². The lowest BCUT2D eigenvalue weighted by Gasteiger charge is -2.43. The monoisotopic (exact) mass is 421 g/mol. The maximum Gasteiger partial charge on any atom is 0.282 e. The first kappa shape index (κ1) is 19.9. The van der Waals surface area contributed by atoms with Crippen molar-refractivity contribution in [2.75, 3.05) is 18.0 Å². The first-order valence-electron chi connectivity index (χ1n) is 10.7. The van der Waals surface area contributed by atoms with E-state index in [9.17, 15) is 8.78 Å². The normalized spacial score (nSPS) is 18.7. The molecule has 0 atom stereocenters. The molecule has 1 saturated carbocycles. The van der Waals surface area contributed by atoms with E-state index in [1.807, 2.05) is 12.1 Å². The van der Waals surface area contributed by atoms with Crippen LogP contribution in [0, 0.1) is 6.92 Å². The quantitative estimate of drug-likeness (QED) is 0.542. The van der Waals surface area contributed by atoms with E-state index in [0.29, 0.717) is 11.6 Å². The highest BCUT2D eigenvalue weighted by Crippen LogP contribution is 2.49. The molecule has 31 heavy (non-hydrogen) atoms. The molecule has 3 aromatic rings. The van der Waals surface area contributed by atoms with Crippen molar-refractivity contribution >= 4 is 5.95 Å². The summed E-state index contributed by atoms with van der Waals surface area (Å²) in [6, 6.07) is 18.9. The van der Waals surface area contributed by atoms with Gasteiger partial charge in [-0.3, -0.25) is 0 Å². The number of hydrogen-bond donors (Lipinski definition) is 0. The minimum Gasteiger partial charge on any atom is -0.487 e. The Hall–Kier alpha value is -3.02. The van der Waals surface area contributed by atoms with Crippen LogP contribution in [0.5, 0.6) is 5.75 Å². The Morgan fingerprint density at radius 3 is 2.16 bits per heavy atom. The van der Waals surface area contributed by atoms with Crippen molar-refractivity contribution in [1.82, 2.24) is 9.97 Å². The number of alkyl halides is 2. The van der Waals surface area contributed by atoms with Crippen LogP contribution in [0.25, 0.3) is 0 Å². The van der Waals surface area contributed by atoms with Crippen LogP contribution in [-0.4, -0.2) is 29.0 Å². The zero-order chi connectivity index (χ0) is 21.5. The van der Waals surface area contributed by atoms with E-state index in [4.69, 9.17) is 4.74 Å². The van der Waals surface area contributed by atoms with Crippen LogP contribution in [0.2, 0.25) is 0 Å². The summed E-state index contributed by atoms with van der Waals surface area (Å²) in [4.78, 5) is 9.93. The van der Waals surface area contributed by atoms with Crippen LogP contribution in [0.3, 0.4) is 0 Å². The van der Waals surface area contributed by atoms with Crippen LogP contribution in [-0.2, 0) is 12.0 Å². The van der Waals surface area contributed by atoms with Crippen LogP contribution < -0.4 is 9.64 Å².